The third-order valence-electron chi connectivity index (χ3n) is 7.50. The highest BCUT2D eigenvalue weighted by molar-refractivity contribution is 5.66. The molecule has 0 aromatic carbocycles. The van der Waals surface area contributed by atoms with Crippen molar-refractivity contribution in [1.29, 1.82) is 0 Å². The summed E-state index contributed by atoms with van der Waals surface area (Å²) in [5, 5.41) is 12.0. The summed E-state index contributed by atoms with van der Waals surface area (Å²) in [4.78, 5) is 11.8. The minimum Gasteiger partial charge on any atom is -0.472 e. The Balaban J connectivity index is 1.96. The average molecular weight is 363 g/mol. The zero-order valence-corrected chi connectivity index (χ0v) is 16.9. The van der Waals surface area contributed by atoms with Crippen LogP contribution in [0.4, 0.5) is 0 Å². The first kappa shape index (κ1) is 19.5. The largest absolute Gasteiger partial charge is 0.472 e. The van der Waals surface area contributed by atoms with E-state index >= 15 is 0 Å². The lowest BCUT2D eigenvalue weighted by molar-refractivity contribution is -0.249. The van der Waals surface area contributed by atoms with Gasteiger partial charge in [-0.1, -0.05) is 34.1 Å². The molecule has 146 valence electrons. The van der Waals surface area contributed by atoms with Crippen molar-refractivity contribution in [2.45, 2.75) is 84.8 Å². The van der Waals surface area contributed by atoms with Gasteiger partial charge in [0, 0.05) is 18.3 Å². The molecule has 26 heavy (non-hydrogen) atoms. The van der Waals surface area contributed by atoms with Crippen LogP contribution >= 0.6 is 0 Å². The summed E-state index contributed by atoms with van der Waals surface area (Å²) >= 11 is 0. The van der Waals surface area contributed by atoms with Gasteiger partial charge in [0.1, 0.15) is 6.10 Å². The van der Waals surface area contributed by atoms with Crippen LogP contribution in [0.2, 0.25) is 0 Å². The third kappa shape index (κ3) is 3.11. The molecule has 4 heteroatoms. The number of carbonyl (C=O) groups is 1. The van der Waals surface area contributed by atoms with Gasteiger partial charge in [0.05, 0.1) is 18.1 Å². The minimum absolute atomic E-state index is 0.0386. The fourth-order valence-electron chi connectivity index (χ4n) is 6.36. The van der Waals surface area contributed by atoms with Crippen molar-refractivity contribution in [1.82, 2.24) is 0 Å². The number of esters is 1. The van der Waals surface area contributed by atoms with E-state index in [9.17, 15) is 9.90 Å². The molecule has 0 radical (unpaired) electrons. The number of hydrogen-bond donors (Lipinski definition) is 1. The van der Waals surface area contributed by atoms with Gasteiger partial charge in [-0.2, -0.15) is 0 Å². The lowest BCUT2D eigenvalue weighted by Crippen LogP contribution is -2.66. The van der Waals surface area contributed by atoms with Gasteiger partial charge in [-0.05, 0) is 55.1 Å². The Labute approximate surface area is 157 Å². The number of aliphatic hydroxyl groups is 1. The molecular formula is C22H34O4. The maximum atomic E-state index is 12.0. The molecule has 3 rings (SSSR count). The summed E-state index contributed by atoms with van der Waals surface area (Å²) in [6, 6.07) is 1.98. The van der Waals surface area contributed by atoms with Crippen molar-refractivity contribution >= 4 is 5.97 Å². The molecule has 0 aliphatic heterocycles. The molecule has 2 aliphatic carbocycles. The molecule has 1 N–H and O–H groups in total. The van der Waals surface area contributed by atoms with E-state index in [1.54, 1.807) is 12.5 Å². The Morgan fingerprint density at radius 2 is 2.08 bits per heavy atom. The van der Waals surface area contributed by atoms with Crippen LogP contribution in [0.25, 0.3) is 0 Å². The highest BCUT2D eigenvalue weighted by Crippen LogP contribution is 2.64. The number of aryl methyl sites for hydroxylation is 1. The number of carbonyl (C=O) groups excluding carboxylic acids is 1. The molecule has 1 aromatic heterocycles. The lowest BCUT2D eigenvalue weighted by Gasteiger charge is -2.64. The Morgan fingerprint density at radius 1 is 1.35 bits per heavy atom. The van der Waals surface area contributed by atoms with E-state index in [1.807, 2.05) is 6.07 Å². The topological polar surface area (TPSA) is 59.7 Å². The van der Waals surface area contributed by atoms with Gasteiger partial charge in [-0.25, -0.2) is 0 Å². The second-order valence-electron chi connectivity index (χ2n) is 9.58. The summed E-state index contributed by atoms with van der Waals surface area (Å²) in [7, 11) is 0. The second-order valence-corrected chi connectivity index (χ2v) is 9.58. The standard InChI is InChI=1S/C22H34O4/c1-15-13-18(26-16(2)23)19-20(3,4)9-6-10-21(19,5)22(15,24)11-7-17-8-12-25-14-17/h8,12,14-15,18-19,24H,6-7,9-11,13H2,1-5H3/t15-,18-,19?,21+,22-/m1/s1. The number of fused-ring (bicyclic) bond motifs is 1. The second kappa shape index (κ2) is 6.70. The number of ether oxygens (including phenoxy) is 1. The van der Waals surface area contributed by atoms with E-state index < -0.39 is 5.60 Å². The van der Waals surface area contributed by atoms with Gasteiger partial charge >= 0.3 is 5.97 Å². The maximum Gasteiger partial charge on any atom is 0.302 e. The van der Waals surface area contributed by atoms with Gasteiger partial charge in [-0.3, -0.25) is 4.79 Å². The van der Waals surface area contributed by atoms with Crippen molar-refractivity contribution in [3.63, 3.8) is 0 Å². The Bertz CT molecular complexity index is 635. The molecule has 5 atom stereocenters. The van der Waals surface area contributed by atoms with E-state index in [-0.39, 0.29) is 34.7 Å². The van der Waals surface area contributed by atoms with Crippen LogP contribution in [0.1, 0.15) is 72.3 Å². The molecule has 1 aromatic rings. The van der Waals surface area contributed by atoms with Gasteiger partial charge in [0.25, 0.3) is 0 Å². The molecule has 2 saturated carbocycles. The number of furan rings is 1. The van der Waals surface area contributed by atoms with E-state index in [0.717, 1.165) is 37.7 Å². The summed E-state index contributed by atoms with van der Waals surface area (Å²) in [5.41, 5.74) is 0.124. The number of hydrogen-bond acceptors (Lipinski definition) is 4. The summed E-state index contributed by atoms with van der Waals surface area (Å²) in [6.07, 6.45) is 8.78. The maximum absolute atomic E-state index is 12.0. The quantitative estimate of drug-likeness (QED) is 0.786. The fourth-order valence-corrected chi connectivity index (χ4v) is 6.36. The SMILES string of the molecule is CC(=O)O[C@@H]1C[C@@H](C)[C@](O)(CCc2ccoc2)[C@@]2(C)CCCC(C)(C)C12. The predicted octanol–water partition coefficient (Wildman–Crippen LogP) is 4.75. The van der Waals surface area contributed by atoms with E-state index in [1.165, 1.54) is 6.92 Å². The van der Waals surface area contributed by atoms with E-state index in [2.05, 4.69) is 27.7 Å². The zero-order valence-electron chi connectivity index (χ0n) is 16.9. The van der Waals surface area contributed by atoms with Crippen LogP contribution in [0.3, 0.4) is 0 Å². The van der Waals surface area contributed by atoms with Crippen LogP contribution in [-0.4, -0.2) is 22.8 Å². The lowest BCUT2D eigenvalue weighted by atomic mass is 9.43. The van der Waals surface area contributed by atoms with E-state index in [0.29, 0.717) is 6.42 Å². The highest BCUT2D eigenvalue weighted by Gasteiger charge is 2.64. The monoisotopic (exact) mass is 362 g/mol. The smallest absolute Gasteiger partial charge is 0.302 e. The molecule has 0 bridgehead atoms. The zero-order chi connectivity index (χ0) is 19.2. The minimum atomic E-state index is -0.775. The molecule has 4 nitrogen and oxygen atoms in total. The van der Waals surface area contributed by atoms with Gasteiger partial charge in [0.15, 0.2) is 0 Å². The first-order valence-electron chi connectivity index (χ1n) is 10.0. The van der Waals surface area contributed by atoms with Crippen molar-refractivity contribution in [2.75, 3.05) is 0 Å². The average Bonchev–Trinajstić information content (AvgIpc) is 3.03. The van der Waals surface area contributed by atoms with Crippen molar-refractivity contribution in [2.24, 2.45) is 22.7 Å². The third-order valence-corrected chi connectivity index (χ3v) is 7.50. The molecular weight excluding hydrogens is 328 g/mol. The predicted molar refractivity (Wildman–Crippen MR) is 101 cm³/mol. The molecule has 0 saturated heterocycles. The first-order chi connectivity index (χ1) is 12.1. The van der Waals surface area contributed by atoms with Crippen molar-refractivity contribution in [3.05, 3.63) is 24.2 Å². The highest BCUT2D eigenvalue weighted by atomic mass is 16.5. The Morgan fingerprint density at radius 3 is 2.69 bits per heavy atom. The summed E-state index contributed by atoms with van der Waals surface area (Å²) in [5.74, 6) is 0.0295. The van der Waals surface area contributed by atoms with Crippen LogP contribution in [0, 0.1) is 22.7 Å². The Kier molecular flexibility index (Phi) is 5.02. The Hall–Kier alpha value is -1.29. The summed E-state index contributed by atoms with van der Waals surface area (Å²) < 4.78 is 11.0. The van der Waals surface area contributed by atoms with Crippen molar-refractivity contribution < 1.29 is 19.1 Å². The van der Waals surface area contributed by atoms with Crippen LogP contribution < -0.4 is 0 Å². The van der Waals surface area contributed by atoms with Crippen molar-refractivity contribution in [3.8, 4) is 0 Å². The molecule has 2 fully saturated rings. The summed E-state index contributed by atoms with van der Waals surface area (Å²) in [6.45, 7) is 10.4. The molecule has 0 amide bonds. The van der Waals surface area contributed by atoms with Crippen LogP contribution in [0.15, 0.2) is 23.0 Å². The van der Waals surface area contributed by atoms with Crippen LogP contribution in [-0.2, 0) is 16.0 Å². The normalized spacial score (nSPS) is 39.2. The molecule has 0 spiro atoms. The molecule has 2 aliphatic rings. The van der Waals surface area contributed by atoms with Gasteiger partial charge in [-0.15, -0.1) is 0 Å². The first-order valence-corrected chi connectivity index (χ1v) is 10.0. The molecule has 1 unspecified atom stereocenters. The molecule has 1 heterocycles. The fraction of sp³-hybridized carbons (Fsp3) is 0.773. The van der Waals surface area contributed by atoms with Crippen LogP contribution in [0.5, 0.6) is 0 Å². The number of rotatable bonds is 4. The van der Waals surface area contributed by atoms with Gasteiger partial charge < -0.3 is 14.3 Å². The van der Waals surface area contributed by atoms with E-state index in [4.69, 9.17) is 9.15 Å². The van der Waals surface area contributed by atoms with Gasteiger partial charge in [0.2, 0.25) is 0 Å².